The zero-order chi connectivity index (χ0) is 22.7. The van der Waals surface area contributed by atoms with E-state index in [2.05, 4.69) is 30.3 Å². The predicted octanol–water partition coefficient (Wildman–Crippen LogP) is 4.11. The summed E-state index contributed by atoms with van der Waals surface area (Å²) >= 11 is 6.49. The minimum absolute atomic E-state index is 0.163. The number of carbonyl (C=O) groups is 1. The molecule has 172 valence electrons. The van der Waals surface area contributed by atoms with Crippen LogP contribution < -0.4 is 14.8 Å². The van der Waals surface area contributed by atoms with Crippen molar-refractivity contribution in [2.24, 2.45) is 5.92 Å². The van der Waals surface area contributed by atoms with Crippen LogP contribution in [0, 0.1) is 12.8 Å². The van der Waals surface area contributed by atoms with Crippen LogP contribution >= 0.6 is 11.6 Å². The van der Waals surface area contributed by atoms with Gasteiger partial charge in [-0.2, -0.15) is 5.10 Å². The molecule has 0 unspecified atom stereocenters. The van der Waals surface area contributed by atoms with Crippen LogP contribution in [0.5, 0.6) is 11.5 Å². The first kappa shape index (κ1) is 22.7. The van der Waals surface area contributed by atoms with E-state index < -0.39 is 0 Å². The molecule has 7 nitrogen and oxygen atoms in total. The van der Waals surface area contributed by atoms with Crippen molar-refractivity contribution in [1.29, 1.82) is 0 Å². The molecule has 3 heterocycles. The van der Waals surface area contributed by atoms with Crippen molar-refractivity contribution in [2.75, 3.05) is 26.6 Å². The third kappa shape index (κ3) is 4.79. The van der Waals surface area contributed by atoms with E-state index in [1.54, 1.807) is 10.8 Å². The van der Waals surface area contributed by atoms with E-state index in [9.17, 15) is 4.79 Å². The van der Waals surface area contributed by atoms with Crippen molar-refractivity contribution in [3.05, 3.63) is 46.2 Å². The van der Waals surface area contributed by atoms with Crippen LogP contribution in [0.2, 0.25) is 5.15 Å². The summed E-state index contributed by atoms with van der Waals surface area (Å²) in [6.45, 7) is 8.93. The molecular weight excluding hydrogens is 430 g/mol. The van der Waals surface area contributed by atoms with E-state index in [1.807, 2.05) is 19.1 Å². The van der Waals surface area contributed by atoms with E-state index in [0.717, 1.165) is 47.7 Å². The van der Waals surface area contributed by atoms with Gasteiger partial charge in [-0.15, -0.1) is 0 Å². The summed E-state index contributed by atoms with van der Waals surface area (Å²) in [6, 6.07) is 6.03. The van der Waals surface area contributed by atoms with Crippen molar-refractivity contribution in [3.63, 3.8) is 0 Å². The standard InChI is InChI=1S/C24H30ClN3O4/c1-16(2)13-28-23(25)19(17(3)27-28)5-7-22(29)26-14-24(8-10-30-11-9-24)18-4-6-20-21(12-18)32-15-31-20/h4-7,12,16H,8-11,13-15H2,1-3H3,(H,26,29)/b7-5+. The first-order valence-electron chi connectivity index (χ1n) is 11.0. The highest BCUT2D eigenvalue weighted by molar-refractivity contribution is 6.31. The molecule has 1 aromatic carbocycles. The summed E-state index contributed by atoms with van der Waals surface area (Å²) in [6.07, 6.45) is 4.92. The summed E-state index contributed by atoms with van der Waals surface area (Å²) in [5, 5.41) is 8.13. The third-order valence-electron chi connectivity index (χ3n) is 6.08. The van der Waals surface area contributed by atoms with Crippen LogP contribution in [0.1, 0.15) is 43.5 Å². The first-order chi connectivity index (χ1) is 15.4. The summed E-state index contributed by atoms with van der Waals surface area (Å²) in [5.41, 5.74) is 2.50. The number of fused-ring (bicyclic) bond motifs is 1. The molecule has 0 radical (unpaired) electrons. The smallest absolute Gasteiger partial charge is 0.244 e. The average Bonchev–Trinajstić information content (AvgIpc) is 3.35. The molecule has 1 saturated heterocycles. The molecule has 0 atom stereocenters. The van der Waals surface area contributed by atoms with Crippen molar-refractivity contribution < 1.29 is 19.0 Å². The Balaban J connectivity index is 1.46. The Morgan fingerprint density at radius 3 is 2.78 bits per heavy atom. The summed E-state index contributed by atoms with van der Waals surface area (Å²) in [4.78, 5) is 12.7. The highest BCUT2D eigenvalue weighted by atomic mass is 35.5. The maximum atomic E-state index is 12.7. The van der Waals surface area contributed by atoms with Gasteiger partial charge in [0.1, 0.15) is 5.15 Å². The predicted molar refractivity (Wildman–Crippen MR) is 123 cm³/mol. The number of nitrogens with one attached hydrogen (secondary N) is 1. The quantitative estimate of drug-likeness (QED) is 0.631. The molecule has 1 aromatic heterocycles. The fourth-order valence-electron chi connectivity index (χ4n) is 4.25. The number of rotatable bonds is 7. The molecule has 1 amide bonds. The zero-order valence-electron chi connectivity index (χ0n) is 18.8. The summed E-state index contributed by atoms with van der Waals surface area (Å²) in [5.74, 6) is 1.78. The molecule has 1 fully saturated rings. The van der Waals surface area contributed by atoms with Gasteiger partial charge in [0.2, 0.25) is 12.7 Å². The average molecular weight is 460 g/mol. The lowest BCUT2D eigenvalue weighted by molar-refractivity contribution is -0.116. The number of amides is 1. The van der Waals surface area contributed by atoms with Crippen LogP contribution in [0.4, 0.5) is 0 Å². The topological polar surface area (TPSA) is 74.6 Å². The maximum Gasteiger partial charge on any atom is 0.244 e. The van der Waals surface area contributed by atoms with E-state index in [0.29, 0.717) is 30.8 Å². The Labute approximate surface area is 193 Å². The number of benzene rings is 1. The molecule has 2 aliphatic heterocycles. The normalized spacial score (nSPS) is 17.3. The van der Waals surface area contributed by atoms with E-state index in [1.165, 1.54) is 6.08 Å². The van der Waals surface area contributed by atoms with Gasteiger partial charge in [0, 0.05) is 43.4 Å². The lowest BCUT2D eigenvalue weighted by Gasteiger charge is -2.38. The molecule has 32 heavy (non-hydrogen) atoms. The van der Waals surface area contributed by atoms with Gasteiger partial charge in [0.15, 0.2) is 11.5 Å². The van der Waals surface area contributed by atoms with Gasteiger partial charge in [0.25, 0.3) is 0 Å². The van der Waals surface area contributed by atoms with E-state index in [-0.39, 0.29) is 18.1 Å². The van der Waals surface area contributed by atoms with Gasteiger partial charge in [-0.05, 0) is 49.5 Å². The second-order valence-electron chi connectivity index (χ2n) is 8.88. The highest BCUT2D eigenvalue weighted by Gasteiger charge is 2.36. The molecule has 1 N–H and O–H groups in total. The number of hydrogen-bond donors (Lipinski definition) is 1. The molecule has 0 bridgehead atoms. The van der Waals surface area contributed by atoms with Crippen LogP contribution in [0.15, 0.2) is 24.3 Å². The second kappa shape index (κ2) is 9.55. The Hall–Kier alpha value is -2.51. The number of halogens is 1. The van der Waals surface area contributed by atoms with Crippen LogP contribution in [-0.2, 0) is 21.5 Å². The van der Waals surface area contributed by atoms with Crippen molar-refractivity contribution in [1.82, 2.24) is 15.1 Å². The number of ether oxygens (including phenoxy) is 3. The molecule has 0 spiro atoms. The number of hydrogen-bond acceptors (Lipinski definition) is 5. The monoisotopic (exact) mass is 459 g/mol. The van der Waals surface area contributed by atoms with Gasteiger partial charge >= 0.3 is 0 Å². The van der Waals surface area contributed by atoms with E-state index in [4.69, 9.17) is 25.8 Å². The number of aryl methyl sites for hydroxylation is 1. The largest absolute Gasteiger partial charge is 0.454 e. The highest BCUT2D eigenvalue weighted by Crippen LogP contribution is 2.40. The molecular formula is C24H30ClN3O4. The molecule has 0 saturated carbocycles. The molecule has 2 aliphatic rings. The SMILES string of the molecule is Cc1nn(CC(C)C)c(Cl)c1/C=C/C(=O)NCC1(c2ccc3c(c2)OCO3)CCOCC1. The number of aromatic nitrogens is 2. The van der Waals surface area contributed by atoms with Crippen LogP contribution in [0.3, 0.4) is 0 Å². The third-order valence-corrected chi connectivity index (χ3v) is 6.48. The zero-order valence-corrected chi connectivity index (χ0v) is 19.6. The van der Waals surface area contributed by atoms with Crippen LogP contribution in [0.25, 0.3) is 6.08 Å². The second-order valence-corrected chi connectivity index (χ2v) is 9.24. The summed E-state index contributed by atoms with van der Waals surface area (Å²) < 4.78 is 18.4. The molecule has 4 rings (SSSR count). The lowest BCUT2D eigenvalue weighted by Crippen LogP contribution is -2.44. The fraction of sp³-hybridized carbons (Fsp3) is 0.500. The van der Waals surface area contributed by atoms with Crippen molar-refractivity contribution in [3.8, 4) is 11.5 Å². The maximum absolute atomic E-state index is 12.7. The van der Waals surface area contributed by atoms with E-state index >= 15 is 0 Å². The molecule has 2 aromatic rings. The Morgan fingerprint density at radius 2 is 2.03 bits per heavy atom. The Kier molecular flexibility index (Phi) is 6.76. The molecule has 8 heteroatoms. The number of carbonyl (C=O) groups excluding carboxylic acids is 1. The first-order valence-corrected chi connectivity index (χ1v) is 11.4. The van der Waals surface area contributed by atoms with Gasteiger partial charge in [-0.1, -0.05) is 31.5 Å². The van der Waals surface area contributed by atoms with Crippen LogP contribution in [-0.4, -0.2) is 42.2 Å². The van der Waals surface area contributed by atoms with Crippen molar-refractivity contribution in [2.45, 2.75) is 45.6 Å². The minimum atomic E-state index is -0.210. The Morgan fingerprint density at radius 1 is 1.28 bits per heavy atom. The van der Waals surface area contributed by atoms with Gasteiger partial charge in [0.05, 0.1) is 5.69 Å². The Bertz CT molecular complexity index is 1010. The van der Waals surface area contributed by atoms with Gasteiger partial charge in [-0.3, -0.25) is 9.48 Å². The van der Waals surface area contributed by atoms with Gasteiger partial charge in [-0.25, -0.2) is 0 Å². The summed E-state index contributed by atoms with van der Waals surface area (Å²) in [7, 11) is 0. The molecule has 0 aliphatic carbocycles. The van der Waals surface area contributed by atoms with Gasteiger partial charge < -0.3 is 19.5 Å². The fourth-order valence-corrected chi connectivity index (χ4v) is 4.56. The number of nitrogens with zero attached hydrogens (tertiary/aromatic N) is 2. The minimum Gasteiger partial charge on any atom is -0.454 e. The lowest BCUT2D eigenvalue weighted by atomic mass is 9.74. The van der Waals surface area contributed by atoms with Crippen molar-refractivity contribution >= 4 is 23.6 Å².